The summed E-state index contributed by atoms with van der Waals surface area (Å²) in [5.41, 5.74) is 0.308. The van der Waals surface area contributed by atoms with E-state index in [1.165, 1.54) is 0 Å². The Kier molecular flexibility index (Phi) is 4.35. The van der Waals surface area contributed by atoms with Gasteiger partial charge in [-0.1, -0.05) is 13.8 Å². The van der Waals surface area contributed by atoms with E-state index >= 15 is 0 Å². The van der Waals surface area contributed by atoms with Crippen LogP contribution in [0.1, 0.15) is 26.7 Å². The maximum atomic E-state index is 5.79. The van der Waals surface area contributed by atoms with Crippen molar-refractivity contribution in [3.63, 3.8) is 0 Å². The van der Waals surface area contributed by atoms with E-state index in [2.05, 4.69) is 19.2 Å². The zero-order valence-electron chi connectivity index (χ0n) is 9.80. The fourth-order valence-electron chi connectivity index (χ4n) is 2.27. The van der Waals surface area contributed by atoms with E-state index in [1.807, 2.05) is 7.05 Å². The Morgan fingerprint density at radius 3 is 2.64 bits per heavy atom. The van der Waals surface area contributed by atoms with Crippen LogP contribution in [0, 0.1) is 5.41 Å². The third kappa shape index (κ3) is 2.10. The van der Waals surface area contributed by atoms with Gasteiger partial charge in [-0.3, -0.25) is 0 Å². The van der Waals surface area contributed by atoms with Gasteiger partial charge >= 0.3 is 0 Å². The molecule has 3 nitrogen and oxygen atoms in total. The van der Waals surface area contributed by atoms with E-state index in [9.17, 15) is 0 Å². The molecule has 0 amide bonds. The Hall–Kier alpha value is -0.120. The van der Waals surface area contributed by atoms with Crippen molar-refractivity contribution in [2.45, 2.75) is 38.8 Å². The standard InChI is InChI=1S/C11H23NO2/c1-5-11(2)9(12-3)8-10(11)14-7-6-13-4/h9-10,12H,5-8H2,1-4H3. The zero-order valence-corrected chi connectivity index (χ0v) is 9.80. The minimum Gasteiger partial charge on any atom is -0.382 e. The average Bonchev–Trinajstić information content (AvgIpc) is 2.21. The largest absolute Gasteiger partial charge is 0.382 e. The minimum absolute atomic E-state index is 0.308. The summed E-state index contributed by atoms with van der Waals surface area (Å²) in [6.45, 7) is 5.94. The van der Waals surface area contributed by atoms with E-state index in [4.69, 9.17) is 9.47 Å². The molecule has 1 aliphatic rings. The number of ether oxygens (including phenoxy) is 2. The Morgan fingerprint density at radius 2 is 2.14 bits per heavy atom. The van der Waals surface area contributed by atoms with Gasteiger partial charge in [0.1, 0.15) is 0 Å². The van der Waals surface area contributed by atoms with Gasteiger partial charge in [0.25, 0.3) is 0 Å². The summed E-state index contributed by atoms with van der Waals surface area (Å²) < 4.78 is 10.8. The average molecular weight is 201 g/mol. The zero-order chi connectivity index (χ0) is 10.6. The molecule has 0 radical (unpaired) electrons. The van der Waals surface area contributed by atoms with Crippen molar-refractivity contribution in [3.05, 3.63) is 0 Å². The third-order valence-electron chi connectivity index (χ3n) is 3.70. The minimum atomic E-state index is 0.308. The van der Waals surface area contributed by atoms with Crippen molar-refractivity contribution in [3.8, 4) is 0 Å². The van der Waals surface area contributed by atoms with Crippen LogP contribution in [-0.2, 0) is 9.47 Å². The molecular weight excluding hydrogens is 178 g/mol. The number of hydrogen-bond acceptors (Lipinski definition) is 3. The van der Waals surface area contributed by atoms with Crippen molar-refractivity contribution >= 4 is 0 Å². The molecule has 1 N–H and O–H groups in total. The third-order valence-corrected chi connectivity index (χ3v) is 3.70. The second-order valence-corrected chi connectivity index (χ2v) is 4.29. The van der Waals surface area contributed by atoms with Crippen molar-refractivity contribution in [2.24, 2.45) is 5.41 Å². The maximum Gasteiger partial charge on any atom is 0.0704 e. The fourth-order valence-corrected chi connectivity index (χ4v) is 2.27. The molecule has 0 saturated heterocycles. The summed E-state index contributed by atoms with van der Waals surface area (Å²) in [5, 5.41) is 3.35. The van der Waals surface area contributed by atoms with Crippen molar-refractivity contribution < 1.29 is 9.47 Å². The lowest BCUT2D eigenvalue weighted by Gasteiger charge is -2.53. The predicted octanol–water partition coefficient (Wildman–Crippen LogP) is 1.43. The van der Waals surface area contributed by atoms with Crippen molar-refractivity contribution in [2.75, 3.05) is 27.4 Å². The van der Waals surface area contributed by atoms with Crippen LogP contribution in [0.25, 0.3) is 0 Å². The molecule has 84 valence electrons. The lowest BCUT2D eigenvalue weighted by Crippen LogP contribution is -2.61. The van der Waals surface area contributed by atoms with Crippen LogP contribution in [0.4, 0.5) is 0 Å². The van der Waals surface area contributed by atoms with Crippen molar-refractivity contribution in [1.29, 1.82) is 0 Å². The molecule has 1 rings (SSSR count). The molecule has 0 aromatic carbocycles. The summed E-state index contributed by atoms with van der Waals surface area (Å²) in [6.07, 6.45) is 2.70. The molecular formula is C11H23NO2. The van der Waals surface area contributed by atoms with E-state index in [-0.39, 0.29) is 0 Å². The highest BCUT2D eigenvalue weighted by Crippen LogP contribution is 2.45. The van der Waals surface area contributed by atoms with Gasteiger partial charge in [0, 0.05) is 18.6 Å². The Morgan fingerprint density at radius 1 is 1.43 bits per heavy atom. The molecule has 3 atom stereocenters. The summed E-state index contributed by atoms with van der Waals surface area (Å²) in [6, 6.07) is 0.611. The van der Waals surface area contributed by atoms with E-state index in [0.29, 0.717) is 30.8 Å². The highest BCUT2D eigenvalue weighted by atomic mass is 16.5. The molecule has 1 fully saturated rings. The second-order valence-electron chi connectivity index (χ2n) is 4.29. The lowest BCUT2D eigenvalue weighted by molar-refractivity contribution is -0.134. The monoisotopic (exact) mass is 201 g/mol. The highest BCUT2D eigenvalue weighted by Gasteiger charge is 2.50. The SMILES string of the molecule is CCC1(C)C(NC)CC1OCCOC. The molecule has 14 heavy (non-hydrogen) atoms. The van der Waals surface area contributed by atoms with Gasteiger partial charge in [0.05, 0.1) is 19.3 Å². The van der Waals surface area contributed by atoms with E-state index < -0.39 is 0 Å². The summed E-state index contributed by atoms with van der Waals surface area (Å²) in [4.78, 5) is 0. The Balaban J connectivity index is 2.34. The van der Waals surface area contributed by atoms with Crippen LogP contribution in [0.3, 0.4) is 0 Å². The predicted molar refractivity (Wildman–Crippen MR) is 57.5 cm³/mol. The first kappa shape index (κ1) is 12.0. The normalized spacial score (nSPS) is 36.9. The quantitative estimate of drug-likeness (QED) is 0.659. The van der Waals surface area contributed by atoms with Gasteiger partial charge in [0.2, 0.25) is 0 Å². The smallest absolute Gasteiger partial charge is 0.0704 e. The maximum absolute atomic E-state index is 5.79. The van der Waals surface area contributed by atoms with Crippen LogP contribution in [0.5, 0.6) is 0 Å². The van der Waals surface area contributed by atoms with Crippen molar-refractivity contribution in [1.82, 2.24) is 5.32 Å². The molecule has 1 saturated carbocycles. The van der Waals surface area contributed by atoms with E-state index in [0.717, 1.165) is 12.8 Å². The first-order valence-corrected chi connectivity index (χ1v) is 5.46. The molecule has 0 heterocycles. The highest BCUT2D eigenvalue weighted by molar-refractivity contribution is 5.04. The van der Waals surface area contributed by atoms with Gasteiger partial charge in [0.15, 0.2) is 0 Å². The number of rotatable bonds is 6. The van der Waals surface area contributed by atoms with Crippen LogP contribution >= 0.6 is 0 Å². The Bertz CT molecular complexity index is 175. The van der Waals surface area contributed by atoms with Gasteiger partial charge in [-0.05, 0) is 19.9 Å². The van der Waals surface area contributed by atoms with Gasteiger partial charge in [-0.15, -0.1) is 0 Å². The molecule has 3 heteroatoms. The second kappa shape index (κ2) is 5.10. The summed E-state index contributed by atoms with van der Waals surface area (Å²) in [7, 11) is 3.74. The molecule has 3 unspecified atom stereocenters. The first-order valence-electron chi connectivity index (χ1n) is 5.46. The molecule has 0 bridgehead atoms. The van der Waals surface area contributed by atoms with Gasteiger partial charge < -0.3 is 14.8 Å². The van der Waals surface area contributed by atoms with E-state index in [1.54, 1.807) is 7.11 Å². The van der Waals surface area contributed by atoms with Gasteiger partial charge in [-0.25, -0.2) is 0 Å². The van der Waals surface area contributed by atoms with Crippen LogP contribution in [-0.4, -0.2) is 39.5 Å². The number of hydrogen-bond donors (Lipinski definition) is 1. The lowest BCUT2D eigenvalue weighted by atomic mass is 9.61. The van der Waals surface area contributed by atoms with Gasteiger partial charge in [-0.2, -0.15) is 0 Å². The van der Waals surface area contributed by atoms with Crippen LogP contribution in [0.15, 0.2) is 0 Å². The number of nitrogens with one attached hydrogen (secondary N) is 1. The van der Waals surface area contributed by atoms with Crippen LogP contribution < -0.4 is 5.32 Å². The molecule has 0 aliphatic heterocycles. The Labute approximate surface area is 87.2 Å². The summed E-state index contributed by atoms with van der Waals surface area (Å²) >= 11 is 0. The van der Waals surface area contributed by atoms with Crippen LogP contribution in [0.2, 0.25) is 0 Å². The molecule has 0 spiro atoms. The molecule has 0 aromatic rings. The molecule has 1 aliphatic carbocycles. The topological polar surface area (TPSA) is 30.5 Å². The summed E-state index contributed by atoms with van der Waals surface area (Å²) in [5.74, 6) is 0. The first-order chi connectivity index (χ1) is 6.69. The number of methoxy groups -OCH3 is 1. The molecule has 0 aromatic heterocycles. The fraction of sp³-hybridized carbons (Fsp3) is 1.00.